The van der Waals surface area contributed by atoms with Gasteiger partial charge in [-0.15, -0.1) is 27.8 Å². The van der Waals surface area contributed by atoms with E-state index in [0.29, 0.717) is 17.4 Å². The molecule has 0 radical (unpaired) electrons. The Balaban J connectivity index is 1.31. The number of thiophene rings is 2. The molecule has 5 rings (SSSR count). The highest BCUT2D eigenvalue weighted by atomic mass is 32.2. The molecular weight excluding hydrogens is 426 g/mol. The molecule has 146 valence electrons. The number of rotatable bonds is 6. The molecule has 1 amide bonds. The van der Waals surface area contributed by atoms with Crippen LogP contribution in [0.5, 0.6) is 0 Å². The maximum Gasteiger partial charge on any atom is 0.253 e. The number of nitrogens with one attached hydrogen (secondary N) is 1. The van der Waals surface area contributed by atoms with Crippen molar-refractivity contribution in [1.29, 1.82) is 0 Å². The number of hydrogen-bond donors (Lipinski definition) is 1. The molecule has 1 aliphatic rings. The molecule has 1 aliphatic heterocycles. The van der Waals surface area contributed by atoms with Gasteiger partial charge in [-0.3, -0.25) is 9.89 Å². The number of hydrazone groups is 1. The van der Waals surface area contributed by atoms with Crippen LogP contribution in [0.25, 0.3) is 10.7 Å². The summed E-state index contributed by atoms with van der Waals surface area (Å²) in [6, 6.07) is 11.4. The molecule has 5 heterocycles. The predicted octanol–water partition coefficient (Wildman–Crippen LogP) is 4.66. The first-order valence-electron chi connectivity index (χ1n) is 8.84. The zero-order chi connectivity index (χ0) is 19.6. The highest BCUT2D eigenvalue weighted by molar-refractivity contribution is 7.99. The number of furan rings is 1. The van der Waals surface area contributed by atoms with E-state index < -0.39 is 0 Å². The van der Waals surface area contributed by atoms with Crippen LogP contribution >= 0.6 is 34.4 Å². The largest absolute Gasteiger partial charge is 0.467 e. The van der Waals surface area contributed by atoms with Crippen molar-refractivity contribution in [2.24, 2.45) is 5.10 Å². The second-order valence-corrected chi connectivity index (χ2v) is 9.07. The quantitative estimate of drug-likeness (QED) is 0.440. The van der Waals surface area contributed by atoms with Gasteiger partial charge in [0.05, 0.1) is 27.5 Å². The summed E-state index contributed by atoms with van der Waals surface area (Å²) in [5.74, 6) is 1.53. The minimum Gasteiger partial charge on any atom is -0.467 e. The van der Waals surface area contributed by atoms with Crippen LogP contribution in [0.4, 0.5) is 0 Å². The van der Waals surface area contributed by atoms with Crippen molar-refractivity contribution in [2.45, 2.75) is 17.6 Å². The Kier molecular flexibility index (Phi) is 5.04. The van der Waals surface area contributed by atoms with E-state index in [-0.39, 0.29) is 17.7 Å². The first-order chi connectivity index (χ1) is 14.3. The molecule has 1 atom stereocenters. The summed E-state index contributed by atoms with van der Waals surface area (Å²) in [5, 5.41) is 17.8. The monoisotopic (exact) mass is 441 g/mol. The molecule has 4 aromatic rings. The molecule has 0 aromatic carbocycles. The molecule has 7 nitrogen and oxygen atoms in total. The van der Waals surface area contributed by atoms with Gasteiger partial charge in [0.25, 0.3) is 5.91 Å². The molecule has 1 N–H and O–H groups in total. The summed E-state index contributed by atoms with van der Waals surface area (Å²) in [5.41, 5.74) is 0.901. The number of thioether (sulfide) groups is 1. The average Bonchev–Trinajstić information content (AvgIpc) is 3.56. The molecule has 0 saturated heterocycles. The lowest BCUT2D eigenvalue weighted by atomic mass is 10.1. The minimum atomic E-state index is -0.232. The Labute approximate surface area is 178 Å². The van der Waals surface area contributed by atoms with Crippen molar-refractivity contribution in [2.75, 3.05) is 5.75 Å². The molecule has 0 bridgehead atoms. The van der Waals surface area contributed by atoms with E-state index in [0.717, 1.165) is 21.2 Å². The van der Waals surface area contributed by atoms with Crippen molar-refractivity contribution >= 4 is 46.1 Å². The number of amides is 1. The predicted molar refractivity (Wildman–Crippen MR) is 114 cm³/mol. The highest BCUT2D eigenvalue weighted by Gasteiger charge is 2.35. The van der Waals surface area contributed by atoms with Crippen molar-refractivity contribution in [1.82, 2.24) is 20.2 Å². The Morgan fingerprint density at radius 1 is 1.21 bits per heavy atom. The lowest BCUT2D eigenvalue weighted by Crippen LogP contribution is -2.28. The first kappa shape index (κ1) is 18.3. The number of aromatic nitrogens is 3. The van der Waals surface area contributed by atoms with Crippen molar-refractivity contribution in [3.63, 3.8) is 0 Å². The zero-order valence-electron chi connectivity index (χ0n) is 15.0. The maximum absolute atomic E-state index is 13.0. The van der Waals surface area contributed by atoms with Gasteiger partial charge >= 0.3 is 0 Å². The first-order valence-corrected chi connectivity index (χ1v) is 11.6. The summed E-state index contributed by atoms with van der Waals surface area (Å²) >= 11 is 4.50. The van der Waals surface area contributed by atoms with Gasteiger partial charge in [0.15, 0.2) is 5.82 Å². The lowest BCUT2D eigenvalue weighted by molar-refractivity contribution is -0.130. The van der Waals surface area contributed by atoms with Crippen LogP contribution < -0.4 is 0 Å². The molecule has 0 fully saturated rings. The van der Waals surface area contributed by atoms with E-state index in [1.807, 2.05) is 47.2 Å². The summed E-state index contributed by atoms with van der Waals surface area (Å²) in [7, 11) is 0. The highest BCUT2D eigenvalue weighted by Crippen LogP contribution is 2.34. The molecule has 0 aliphatic carbocycles. The summed E-state index contributed by atoms with van der Waals surface area (Å²) < 4.78 is 5.57. The molecule has 4 aromatic heterocycles. The second kappa shape index (κ2) is 7.97. The summed E-state index contributed by atoms with van der Waals surface area (Å²) in [6.07, 6.45) is 2.25. The van der Waals surface area contributed by atoms with E-state index in [1.165, 1.54) is 16.8 Å². The second-order valence-electron chi connectivity index (χ2n) is 6.23. The number of H-pyrrole nitrogens is 1. The summed E-state index contributed by atoms with van der Waals surface area (Å²) in [6.45, 7) is 0. The van der Waals surface area contributed by atoms with Gasteiger partial charge in [-0.2, -0.15) is 5.10 Å². The third kappa shape index (κ3) is 3.78. The van der Waals surface area contributed by atoms with Gasteiger partial charge in [-0.25, -0.2) is 9.99 Å². The fourth-order valence-electron chi connectivity index (χ4n) is 3.06. The Morgan fingerprint density at radius 2 is 2.03 bits per heavy atom. The van der Waals surface area contributed by atoms with Crippen LogP contribution in [-0.2, 0) is 4.79 Å². The van der Waals surface area contributed by atoms with Gasteiger partial charge in [-0.05, 0) is 35.0 Å². The Hall–Kier alpha value is -2.69. The van der Waals surface area contributed by atoms with Crippen LogP contribution in [-0.4, -0.2) is 37.6 Å². The number of carbonyl (C=O) groups excluding carboxylic acids is 1. The van der Waals surface area contributed by atoms with Crippen LogP contribution in [0.3, 0.4) is 0 Å². The molecule has 1 unspecified atom stereocenters. The van der Waals surface area contributed by atoms with Gasteiger partial charge < -0.3 is 4.42 Å². The smallest absolute Gasteiger partial charge is 0.253 e. The molecule has 0 spiro atoms. The van der Waals surface area contributed by atoms with E-state index >= 15 is 0 Å². The van der Waals surface area contributed by atoms with E-state index in [9.17, 15) is 4.79 Å². The van der Waals surface area contributed by atoms with Gasteiger partial charge in [-0.1, -0.05) is 23.9 Å². The average molecular weight is 442 g/mol. The standard InChI is InChI=1S/C19H15N5O2S3/c25-17(11-29-19-20-18(21-22-19)16-6-3-9-28-16)24-13(14-4-1-7-26-14)10-12(23-24)15-5-2-8-27-15/h1-9,13H,10-11H2,(H,20,21,22). The number of carbonyl (C=O) groups is 1. The Bertz CT molecular complexity index is 1120. The third-order valence-electron chi connectivity index (χ3n) is 4.39. The molecule has 29 heavy (non-hydrogen) atoms. The minimum absolute atomic E-state index is 0.106. The van der Waals surface area contributed by atoms with E-state index in [4.69, 9.17) is 4.42 Å². The molecular formula is C19H15N5O2S3. The van der Waals surface area contributed by atoms with Crippen LogP contribution in [0.1, 0.15) is 23.1 Å². The van der Waals surface area contributed by atoms with Gasteiger partial charge in [0.1, 0.15) is 11.8 Å². The van der Waals surface area contributed by atoms with Gasteiger partial charge in [0, 0.05) is 6.42 Å². The fourth-order valence-corrected chi connectivity index (χ4v) is 5.10. The maximum atomic E-state index is 13.0. The molecule has 0 saturated carbocycles. The zero-order valence-corrected chi connectivity index (χ0v) is 17.5. The SMILES string of the molecule is O=C(CSc1n[nH]c(-c2cccs2)n1)N1N=C(c2cccs2)CC1c1ccco1. The topological polar surface area (TPSA) is 87.4 Å². The van der Waals surface area contributed by atoms with Crippen LogP contribution in [0.2, 0.25) is 0 Å². The fraction of sp³-hybridized carbons (Fsp3) is 0.158. The van der Waals surface area contributed by atoms with Crippen molar-refractivity contribution < 1.29 is 9.21 Å². The number of nitrogens with zero attached hydrogens (tertiary/aromatic N) is 4. The van der Waals surface area contributed by atoms with E-state index in [1.54, 1.807) is 28.9 Å². The lowest BCUT2D eigenvalue weighted by Gasteiger charge is -2.19. The van der Waals surface area contributed by atoms with Crippen LogP contribution in [0, 0.1) is 0 Å². The van der Waals surface area contributed by atoms with Crippen molar-refractivity contribution in [3.8, 4) is 10.7 Å². The summed E-state index contributed by atoms with van der Waals surface area (Å²) in [4.78, 5) is 19.5. The van der Waals surface area contributed by atoms with Crippen LogP contribution in [0.15, 0.2) is 68.1 Å². The third-order valence-corrected chi connectivity index (χ3v) is 7.01. The van der Waals surface area contributed by atoms with Gasteiger partial charge in [0.2, 0.25) is 5.16 Å². The number of aromatic amines is 1. The normalized spacial score (nSPS) is 16.3. The Morgan fingerprint density at radius 3 is 2.76 bits per heavy atom. The molecule has 10 heteroatoms. The number of hydrogen-bond acceptors (Lipinski definition) is 8. The van der Waals surface area contributed by atoms with Crippen molar-refractivity contribution in [3.05, 3.63) is 64.1 Å². The van der Waals surface area contributed by atoms with E-state index in [2.05, 4.69) is 20.3 Å².